The summed E-state index contributed by atoms with van der Waals surface area (Å²) in [5, 5.41) is 10.4. The maximum atomic E-state index is 14.4. The number of likely N-dealkylation sites (tertiary alicyclic amines) is 1. The zero-order valence-corrected chi connectivity index (χ0v) is 29.7. The van der Waals surface area contributed by atoms with Crippen molar-refractivity contribution in [3.63, 3.8) is 0 Å². The average molecular weight is 719 g/mol. The van der Waals surface area contributed by atoms with Crippen molar-refractivity contribution in [1.29, 1.82) is 0 Å². The minimum Gasteiger partial charge on any atom is -0.482 e. The van der Waals surface area contributed by atoms with Crippen molar-refractivity contribution in [3.05, 3.63) is 75.1 Å². The Kier molecular flexibility index (Phi) is 11.4. The fraction of sp³-hybridized carbons (Fsp3) is 0.412. The second kappa shape index (κ2) is 15.0. The van der Waals surface area contributed by atoms with E-state index in [0.717, 1.165) is 25.0 Å². The lowest BCUT2D eigenvalue weighted by atomic mass is 10.1. The van der Waals surface area contributed by atoms with Crippen molar-refractivity contribution < 1.29 is 37.8 Å². The van der Waals surface area contributed by atoms with Gasteiger partial charge in [-0.3, -0.25) is 9.59 Å². The van der Waals surface area contributed by atoms with E-state index in [0.29, 0.717) is 29.2 Å². The number of ether oxygens (including phenoxy) is 3. The molecule has 0 saturated carbocycles. The van der Waals surface area contributed by atoms with Gasteiger partial charge in [-0.15, -0.1) is 10.2 Å². The van der Waals surface area contributed by atoms with Crippen LogP contribution in [-0.4, -0.2) is 63.4 Å². The Bertz CT molecular complexity index is 1710. The molecule has 0 bridgehead atoms. The normalized spacial score (nSPS) is 13.8. The lowest BCUT2D eigenvalue weighted by Crippen LogP contribution is -2.44. The first-order valence-corrected chi connectivity index (χ1v) is 16.2. The van der Waals surface area contributed by atoms with Crippen molar-refractivity contribution in [2.24, 2.45) is 0 Å². The molecule has 15 heteroatoms. The smallest absolute Gasteiger partial charge is 0.425 e. The highest BCUT2D eigenvalue weighted by molar-refractivity contribution is 6.36. The maximum Gasteiger partial charge on any atom is 0.425 e. The number of benzene rings is 2. The number of hydrogen-bond acceptors (Lipinski definition) is 9. The Morgan fingerprint density at radius 1 is 0.898 bits per heavy atom. The molecule has 3 aromatic rings. The van der Waals surface area contributed by atoms with Gasteiger partial charge in [-0.2, -0.15) is 4.90 Å². The standard InChI is InChI=1S/C34H38Cl2FN5O7/c1-19(26-22(35)14-15-23(37)27(26)36)47-25-18-24(29(43)38-21-12-10-20(11-13-21)30(44)41-16-8-9-17-41)39-40-28(25)42(31(45)48-33(2,3)4)32(46)49-34(5,6)7/h10-15,18-19H,8-9,16-17H2,1-7H3,(H,38,43). The highest BCUT2D eigenvalue weighted by Gasteiger charge is 2.37. The number of hydrogen-bond donors (Lipinski definition) is 1. The van der Waals surface area contributed by atoms with Gasteiger partial charge in [0.05, 0.1) is 5.02 Å². The summed E-state index contributed by atoms with van der Waals surface area (Å²) >= 11 is 12.6. The number of nitrogens with zero attached hydrogens (tertiary/aromatic N) is 4. The largest absolute Gasteiger partial charge is 0.482 e. The van der Waals surface area contributed by atoms with E-state index in [1.165, 1.54) is 13.0 Å². The number of carbonyl (C=O) groups excluding carboxylic acids is 4. The fourth-order valence-electron chi connectivity index (χ4n) is 4.74. The molecule has 1 saturated heterocycles. The lowest BCUT2D eigenvalue weighted by Gasteiger charge is -2.29. The van der Waals surface area contributed by atoms with E-state index in [9.17, 15) is 23.6 Å². The molecule has 4 rings (SSSR count). The van der Waals surface area contributed by atoms with E-state index in [4.69, 9.17) is 37.4 Å². The van der Waals surface area contributed by atoms with Crippen LogP contribution in [0.15, 0.2) is 42.5 Å². The molecule has 1 fully saturated rings. The van der Waals surface area contributed by atoms with Gasteiger partial charge in [-0.1, -0.05) is 23.2 Å². The van der Waals surface area contributed by atoms with Gasteiger partial charge in [0.25, 0.3) is 11.8 Å². The summed E-state index contributed by atoms with van der Waals surface area (Å²) in [6, 6.07) is 9.87. The number of halogens is 3. The molecule has 12 nitrogen and oxygen atoms in total. The molecule has 1 aliphatic heterocycles. The summed E-state index contributed by atoms with van der Waals surface area (Å²) in [4.78, 5) is 55.3. The number of rotatable bonds is 7. The quantitative estimate of drug-likeness (QED) is 0.239. The Labute approximate surface area is 293 Å². The molecule has 0 aliphatic carbocycles. The van der Waals surface area contributed by atoms with E-state index in [2.05, 4.69) is 15.5 Å². The van der Waals surface area contributed by atoms with Crippen molar-refractivity contribution in [3.8, 4) is 5.75 Å². The lowest BCUT2D eigenvalue weighted by molar-refractivity contribution is 0.0425. The molecule has 0 radical (unpaired) electrons. The van der Waals surface area contributed by atoms with E-state index >= 15 is 0 Å². The van der Waals surface area contributed by atoms with Crippen LogP contribution in [0.1, 0.15) is 93.8 Å². The number of anilines is 2. The summed E-state index contributed by atoms with van der Waals surface area (Å²) in [5.41, 5.74) is -1.48. The Hall–Kier alpha value is -4.49. The molecule has 1 unspecified atom stereocenters. The zero-order chi connectivity index (χ0) is 36.3. The summed E-state index contributed by atoms with van der Waals surface area (Å²) < 4.78 is 31.5. The first-order chi connectivity index (χ1) is 22.8. The molecule has 262 valence electrons. The van der Waals surface area contributed by atoms with Gasteiger partial charge >= 0.3 is 12.2 Å². The van der Waals surface area contributed by atoms with Gasteiger partial charge in [0.2, 0.25) is 5.82 Å². The third-order valence-corrected chi connectivity index (χ3v) is 7.62. The van der Waals surface area contributed by atoms with Crippen LogP contribution in [0.5, 0.6) is 5.75 Å². The van der Waals surface area contributed by atoms with Crippen LogP contribution in [0.25, 0.3) is 0 Å². The number of nitrogens with one attached hydrogen (secondary N) is 1. The Balaban J connectivity index is 1.73. The predicted molar refractivity (Wildman–Crippen MR) is 182 cm³/mol. The summed E-state index contributed by atoms with van der Waals surface area (Å²) in [6.07, 6.45) is -1.53. The molecule has 1 N–H and O–H groups in total. The molecule has 2 heterocycles. The van der Waals surface area contributed by atoms with Crippen molar-refractivity contribution in [2.45, 2.75) is 78.6 Å². The molecule has 4 amide bonds. The van der Waals surface area contributed by atoms with E-state index in [1.54, 1.807) is 70.7 Å². The second-order valence-electron chi connectivity index (χ2n) is 13.3. The van der Waals surface area contributed by atoms with Crippen molar-refractivity contribution >= 4 is 58.7 Å². The Morgan fingerprint density at radius 3 is 2.02 bits per heavy atom. The zero-order valence-electron chi connectivity index (χ0n) is 28.2. The number of aromatic nitrogens is 2. The SMILES string of the molecule is CC(Oc1cc(C(=O)Nc2ccc(C(=O)N3CCCC3)cc2)nnc1N(C(=O)OC(C)(C)C)C(=O)OC(C)(C)C)c1c(Cl)ccc(F)c1Cl. The van der Waals surface area contributed by atoms with Crippen LogP contribution in [-0.2, 0) is 9.47 Å². The average Bonchev–Trinajstić information content (AvgIpc) is 3.53. The van der Waals surface area contributed by atoms with Crippen molar-refractivity contribution in [1.82, 2.24) is 15.1 Å². The molecular formula is C34H38Cl2FN5O7. The third-order valence-electron chi connectivity index (χ3n) is 6.91. The summed E-state index contributed by atoms with van der Waals surface area (Å²) in [7, 11) is 0. The minimum atomic E-state index is -1.17. The van der Waals surface area contributed by atoms with Gasteiger partial charge in [0, 0.05) is 41.0 Å². The van der Waals surface area contributed by atoms with Crippen LogP contribution in [0.3, 0.4) is 0 Å². The third kappa shape index (κ3) is 9.57. The molecule has 2 aromatic carbocycles. The fourth-order valence-corrected chi connectivity index (χ4v) is 5.42. The van der Waals surface area contributed by atoms with Crippen LogP contribution in [0, 0.1) is 5.82 Å². The van der Waals surface area contributed by atoms with Crippen LogP contribution in [0.2, 0.25) is 10.0 Å². The van der Waals surface area contributed by atoms with Gasteiger partial charge in [-0.25, -0.2) is 14.0 Å². The maximum absolute atomic E-state index is 14.4. The molecule has 1 aromatic heterocycles. The Morgan fingerprint density at radius 2 is 1.47 bits per heavy atom. The van der Waals surface area contributed by atoms with Gasteiger partial charge in [-0.05, 0) is 97.7 Å². The number of imide groups is 1. The first kappa shape index (κ1) is 37.3. The van der Waals surface area contributed by atoms with E-state index in [1.807, 2.05) is 0 Å². The molecular weight excluding hydrogens is 680 g/mol. The molecule has 1 atom stereocenters. The molecule has 0 spiro atoms. The molecule has 1 aliphatic rings. The van der Waals surface area contributed by atoms with Crippen LogP contribution >= 0.6 is 23.2 Å². The van der Waals surface area contributed by atoms with E-state index < -0.39 is 47.0 Å². The van der Waals surface area contributed by atoms with Crippen LogP contribution < -0.4 is 15.0 Å². The predicted octanol–water partition coefficient (Wildman–Crippen LogP) is 8.23. The highest BCUT2D eigenvalue weighted by atomic mass is 35.5. The summed E-state index contributed by atoms with van der Waals surface area (Å²) in [5.74, 6) is -2.39. The van der Waals surface area contributed by atoms with Gasteiger partial charge in [0.15, 0.2) is 11.4 Å². The van der Waals surface area contributed by atoms with Crippen LogP contribution in [0.4, 0.5) is 25.5 Å². The molecule has 49 heavy (non-hydrogen) atoms. The minimum absolute atomic E-state index is 0.0572. The topological polar surface area (TPSA) is 140 Å². The second-order valence-corrected chi connectivity index (χ2v) is 14.0. The van der Waals surface area contributed by atoms with Crippen molar-refractivity contribution in [2.75, 3.05) is 23.3 Å². The van der Waals surface area contributed by atoms with Gasteiger partial charge in [0.1, 0.15) is 23.1 Å². The number of amides is 4. The summed E-state index contributed by atoms with van der Waals surface area (Å²) in [6.45, 7) is 12.5. The van der Waals surface area contributed by atoms with E-state index in [-0.39, 0.29) is 33.0 Å². The van der Waals surface area contributed by atoms with Gasteiger partial charge < -0.3 is 24.4 Å². The monoisotopic (exact) mass is 717 g/mol. The highest BCUT2D eigenvalue weighted by Crippen LogP contribution is 2.38. The first-order valence-electron chi connectivity index (χ1n) is 15.5. The number of carbonyl (C=O) groups is 4.